The second-order valence-electron chi connectivity index (χ2n) is 5.30. The number of hydrogen-bond acceptors (Lipinski definition) is 3. The van der Waals surface area contributed by atoms with Crippen molar-refractivity contribution in [2.45, 2.75) is 69.9 Å². The molecule has 0 saturated heterocycles. The Hall–Kier alpha value is -0.610. The predicted octanol–water partition coefficient (Wildman–Crippen LogP) is 1.32. The molecular weight excluding hydrogens is 216 g/mol. The standard InChI is InChI=1S/C13H26N2O2/c1-2-11(16)6-9-15-12(17)10-13(14)7-4-3-5-8-13/h11,16H,2-10,14H2,1H3,(H,15,17). The molecule has 1 saturated carbocycles. The highest BCUT2D eigenvalue weighted by atomic mass is 16.3. The van der Waals surface area contributed by atoms with Crippen LogP contribution in [-0.4, -0.2) is 29.2 Å². The van der Waals surface area contributed by atoms with E-state index < -0.39 is 0 Å². The van der Waals surface area contributed by atoms with Crippen LogP contribution in [0.1, 0.15) is 58.3 Å². The van der Waals surface area contributed by atoms with Gasteiger partial charge in [0.25, 0.3) is 0 Å². The van der Waals surface area contributed by atoms with Crippen LogP contribution in [0, 0.1) is 0 Å². The Morgan fingerprint density at radius 2 is 2.06 bits per heavy atom. The fourth-order valence-corrected chi connectivity index (χ4v) is 2.40. The first-order chi connectivity index (χ1) is 8.06. The summed E-state index contributed by atoms with van der Waals surface area (Å²) < 4.78 is 0. The van der Waals surface area contributed by atoms with E-state index in [2.05, 4.69) is 5.32 Å². The van der Waals surface area contributed by atoms with Gasteiger partial charge in [0.1, 0.15) is 0 Å². The van der Waals surface area contributed by atoms with Crippen LogP contribution in [0.3, 0.4) is 0 Å². The Kier molecular flexibility index (Phi) is 5.92. The summed E-state index contributed by atoms with van der Waals surface area (Å²) in [4.78, 5) is 11.7. The van der Waals surface area contributed by atoms with Gasteiger partial charge in [-0.15, -0.1) is 0 Å². The van der Waals surface area contributed by atoms with Crippen molar-refractivity contribution in [3.8, 4) is 0 Å². The second kappa shape index (κ2) is 6.97. The summed E-state index contributed by atoms with van der Waals surface area (Å²) in [5.41, 5.74) is 5.92. The van der Waals surface area contributed by atoms with Gasteiger partial charge < -0.3 is 16.2 Å². The van der Waals surface area contributed by atoms with Crippen LogP contribution in [0.15, 0.2) is 0 Å². The van der Waals surface area contributed by atoms with Gasteiger partial charge in [0.05, 0.1) is 6.10 Å². The summed E-state index contributed by atoms with van der Waals surface area (Å²) in [7, 11) is 0. The molecule has 1 aliphatic rings. The maximum absolute atomic E-state index is 11.7. The quantitative estimate of drug-likeness (QED) is 0.657. The lowest BCUT2D eigenvalue weighted by molar-refractivity contribution is -0.122. The molecule has 1 rings (SSSR count). The zero-order valence-electron chi connectivity index (χ0n) is 10.9. The van der Waals surface area contributed by atoms with Crippen molar-refractivity contribution in [1.82, 2.24) is 5.32 Å². The van der Waals surface area contributed by atoms with Crippen LogP contribution in [-0.2, 0) is 4.79 Å². The SMILES string of the molecule is CCC(O)CCNC(=O)CC1(N)CCCCC1. The van der Waals surface area contributed by atoms with Gasteiger partial charge in [0.15, 0.2) is 0 Å². The van der Waals surface area contributed by atoms with Crippen LogP contribution < -0.4 is 11.1 Å². The number of carbonyl (C=O) groups excluding carboxylic acids is 1. The summed E-state index contributed by atoms with van der Waals surface area (Å²) in [5.74, 6) is 0.0257. The highest BCUT2D eigenvalue weighted by molar-refractivity contribution is 5.77. The summed E-state index contributed by atoms with van der Waals surface area (Å²) >= 11 is 0. The monoisotopic (exact) mass is 242 g/mol. The maximum atomic E-state index is 11.7. The smallest absolute Gasteiger partial charge is 0.221 e. The zero-order chi connectivity index (χ0) is 12.7. The van der Waals surface area contributed by atoms with E-state index in [4.69, 9.17) is 5.73 Å². The van der Waals surface area contributed by atoms with Crippen LogP contribution in [0.4, 0.5) is 0 Å². The van der Waals surface area contributed by atoms with E-state index in [1.165, 1.54) is 6.42 Å². The molecule has 1 amide bonds. The Morgan fingerprint density at radius 3 is 2.65 bits per heavy atom. The van der Waals surface area contributed by atoms with E-state index in [1.54, 1.807) is 0 Å². The number of nitrogens with two attached hydrogens (primary N) is 1. The highest BCUT2D eigenvalue weighted by Crippen LogP contribution is 2.28. The fourth-order valence-electron chi connectivity index (χ4n) is 2.40. The first-order valence-corrected chi connectivity index (χ1v) is 6.79. The first-order valence-electron chi connectivity index (χ1n) is 6.79. The number of rotatable bonds is 6. The molecule has 0 radical (unpaired) electrons. The lowest BCUT2D eigenvalue weighted by Gasteiger charge is -2.32. The molecule has 1 atom stereocenters. The Labute approximate surface area is 104 Å². The molecule has 100 valence electrons. The second-order valence-corrected chi connectivity index (χ2v) is 5.30. The predicted molar refractivity (Wildman–Crippen MR) is 68.5 cm³/mol. The third kappa shape index (κ3) is 5.50. The van der Waals surface area contributed by atoms with E-state index in [9.17, 15) is 9.90 Å². The molecule has 0 heterocycles. The van der Waals surface area contributed by atoms with E-state index in [0.717, 1.165) is 32.1 Å². The third-order valence-electron chi connectivity index (χ3n) is 3.63. The van der Waals surface area contributed by atoms with Crippen LogP contribution in [0.5, 0.6) is 0 Å². The van der Waals surface area contributed by atoms with E-state index in [1.807, 2.05) is 6.92 Å². The summed E-state index contributed by atoms with van der Waals surface area (Å²) in [6, 6.07) is 0. The van der Waals surface area contributed by atoms with Gasteiger partial charge >= 0.3 is 0 Å². The molecule has 0 aromatic carbocycles. The molecule has 1 fully saturated rings. The van der Waals surface area contributed by atoms with Crippen molar-refractivity contribution in [1.29, 1.82) is 0 Å². The molecule has 0 aromatic heterocycles. The number of aliphatic hydroxyl groups is 1. The molecule has 4 N–H and O–H groups in total. The van der Waals surface area contributed by atoms with Gasteiger partial charge in [-0.1, -0.05) is 26.2 Å². The average molecular weight is 242 g/mol. The first kappa shape index (κ1) is 14.5. The lowest BCUT2D eigenvalue weighted by Crippen LogP contribution is -2.46. The van der Waals surface area contributed by atoms with Gasteiger partial charge in [-0.25, -0.2) is 0 Å². The Morgan fingerprint density at radius 1 is 1.41 bits per heavy atom. The number of aliphatic hydroxyl groups excluding tert-OH is 1. The lowest BCUT2D eigenvalue weighted by atomic mass is 9.80. The number of amides is 1. The average Bonchev–Trinajstić information content (AvgIpc) is 2.29. The normalized spacial score (nSPS) is 20.9. The van der Waals surface area contributed by atoms with Crippen molar-refractivity contribution >= 4 is 5.91 Å². The minimum absolute atomic E-state index is 0.0257. The van der Waals surface area contributed by atoms with Crippen molar-refractivity contribution < 1.29 is 9.90 Å². The van der Waals surface area contributed by atoms with Gasteiger partial charge in [-0.2, -0.15) is 0 Å². The summed E-state index contributed by atoms with van der Waals surface area (Å²) in [6.45, 7) is 2.48. The third-order valence-corrected chi connectivity index (χ3v) is 3.63. The molecule has 4 nitrogen and oxygen atoms in total. The molecule has 0 aliphatic heterocycles. The molecule has 4 heteroatoms. The molecule has 1 aliphatic carbocycles. The van der Waals surface area contributed by atoms with E-state index in [-0.39, 0.29) is 17.6 Å². The van der Waals surface area contributed by atoms with Crippen molar-refractivity contribution in [3.63, 3.8) is 0 Å². The molecule has 0 bridgehead atoms. The van der Waals surface area contributed by atoms with E-state index in [0.29, 0.717) is 19.4 Å². The largest absolute Gasteiger partial charge is 0.393 e. The van der Waals surface area contributed by atoms with Crippen LogP contribution in [0.2, 0.25) is 0 Å². The molecule has 17 heavy (non-hydrogen) atoms. The summed E-state index contributed by atoms with van der Waals surface area (Å²) in [6.07, 6.45) is 6.90. The molecular formula is C13H26N2O2. The van der Waals surface area contributed by atoms with Crippen LogP contribution >= 0.6 is 0 Å². The Balaban J connectivity index is 2.19. The number of carbonyl (C=O) groups is 1. The Bertz CT molecular complexity index is 238. The molecule has 0 aromatic rings. The topological polar surface area (TPSA) is 75.3 Å². The highest BCUT2D eigenvalue weighted by Gasteiger charge is 2.29. The van der Waals surface area contributed by atoms with Gasteiger partial charge in [0, 0.05) is 18.5 Å². The van der Waals surface area contributed by atoms with Crippen molar-refractivity contribution in [2.75, 3.05) is 6.54 Å². The fraction of sp³-hybridized carbons (Fsp3) is 0.923. The number of nitrogens with one attached hydrogen (secondary N) is 1. The van der Waals surface area contributed by atoms with Gasteiger partial charge in [-0.05, 0) is 25.7 Å². The van der Waals surface area contributed by atoms with E-state index >= 15 is 0 Å². The van der Waals surface area contributed by atoms with Gasteiger partial charge in [-0.3, -0.25) is 4.79 Å². The minimum atomic E-state index is -0.309. The van der Waals surface area contributed by atoms with Crippen molar-refractivity contribution in [2.24, 2.45) is 5.73 Å². The minimum Gasteiger partial charge on any atom is -0.393 e. The summed E-state index contributed by atoms with van der Waals surface area (Å²) in [5, 5.41) is 12.2. The molecule has 0 spiro atoms. The number of hydrogen-bond donors (Lipinski definition) is 3. The maximum Gasteiger partial charge on any atom is 0.221 e. The zero-order valence-corrected chi connectivity index (χ0v) is 10.9. The van der Waals surface area contributed by atoms with Crippen LogP contribution in [0.25, 0.3) is 0 Å². The molecule has 1 unspecified atom stereocenters. The van der Waals surface area contributed by atoms with Crippen molar-refractivity contribution in [3.05, 3.63) is 0 Å². The van der Waals surface area contributed by atoms with Gasteiger partial charge in [0.2, 0.25) is 5.91 Å².